The van der Waals surface area contributed by atoms with Gasteiger partial charge in [0.1, 0.15) is 0 Å². The van der Waals surface area contributed by atoms with Crippen LogP contribution in [0, 0.1) is 0 Å². The molecule has 112 valence electrons. The molecule has 8 heteroatoms. The van der Waals surface area contributed by atoms with Gasteiger partial charge in [0, 0.05) is 7.05 Å². The summed E-state index contributed by atoms with van der Waals surface area (Å²) in [7, 11) is 1.47. The van der Waals surface area contributed by atoms with Crippen LogP contribution in [0.2, 0.25) is 0 Å². The molecule has 0 fully saturated rings. The lowest BCUT2D eigenvalue weighted by Crippen LogP contribution is -2.30. The summed E-state index contributed by atoms with van der Waals surface area (Å²) in [6.45, 7) is 3.29. The summed E-state index contributed by atoms with van der Waals surface area (Å²) < 4.78 is 25.0. The summed E-state index contributed by atoms with van der Waals surface area (Å²) in [5.41, 5.74) is 7.52. The Labute approximate surface area is 116 Å². The Hall–Kier alpha value is -1.99. The van der Waals surface area contributed by atoms with Gasteiger partial charge in [0.2, 0.25) is 0 Å². The first kappa shape index (κ1) is 16.1. The van der Waals surface area contributed by atoms with Crippen LogP contribution in [0.1, 0.15) is 30.7 Å². The minimum Gasteiger partial charge on any atom is -0.409 e. The molecule has 0 spiro atoms. The SMILES string of the molecule is CCc1nnc(N(C)CC(F)F)c(C(N)=NO)c1CC. The smallest absolute Gasteiger partial charge is 0.255 e. The van der Waals surface area contributed by atoms with E-state index in [-0.39, 0.29) is 11.7 Å². The molecule has 0 saturated carbocycles. The van der Waals surface area contributed by atoms with E-state index in [1.807, 2.05) is 13.8 Å². The molecule has 0 aliphatic carbocycles. The molecule has 1 rings (SSSR count). The average molecular weight is 287 g/mol. The van der Waals surface area contributed by atoms with Crippen molar-refractivity contribution in [3.63, 3.8) is 0 Å². The monoisotopic (exact) mass is 287 g/mol. The van der Waals surface area contributed by atoms with Crippen molar-refractivity contribution in [2.24, 2.45) is 10.9 Å². The van der Waals surface area contributed by atoms with Crippen LogP contribution < -0.4 is 10.6 Å². The van der Waals surface area contributed by atoms with Gasteiger partial charge >= 0.3 is 0 Å². The number of oxime groups is 1. The highest BCUT2D eigenvalue weighted by Gasteiger charge is 2.22. The third kappa shape index (κ3) is 3.31. The minimum absolute atomic E-state index is 0.150. The molecule has 0 bridgehead atoms. The summed E-state index contributed by atoms with van der Waals surface area (Å²) in [6, 6.07) is 0. The number of alkyl halides is 2. The number of anilines is 1. The normalized spacial score (nSPS) is 12.0. The van der Waals surface area contributed by atoms with E-state index in [0.29, 0.717) is 24.1 Å². The zero-order chi connectivity index (χ0) is 15.3. The predicted octanol–water partition coefficient (Wildman–Crippen LogP) is 1.40. The van der Waals surface area contributed by atoms with E-state index < -0.39 is 13.0 Å². The van der Waals surface area contributed by atoms with Gasteiger partial charge in [0.15, 0.2) is 11.7 Å². The van der Waals surface area contributed by atoms with Crippen molar-refractivity contribution in [3.8, 4) is 0 Å². The highest BCUT2D eigenvalue weighted by molar-refractivity contribution is 6.02. The number of rotatable bonds is 6. The maximum absolute atomic E-state index is 12.5. The molecule has 1 heterocycles. The Morgan fingerprint density at radius 2 is 2.00 bits per heavy atom. The van der Waals surface area contributed by atoms with Crippen molar-refractivity contribution in [2.75, 3.05) is 18.5 Å². The van der Waals surface area contributed by atoms with Crippen molar-refractivity contribution >= 4 is 11.7 Å². The van der Waals surface area contributed by atoms with E-state index in [2.05, 4.69) is 15.4 Å². The van der Waals surface area contributed by atoms with Crippen LogP contribution in [0.5, 0.6) is 0 Å². The van der Waals surface area contributed by atoms with Gasteiger partial charge in [-0.3, -0.25) is 0 Å². The number of nitrogens with two attached hydrogens (primary N) is 1. The standard InChI is InChI=1S/C12H19F2N5O/c1-4-7-8(5-2)16-17-12(10(7)11(15)18-20)19(3)6-9(13)14/h9,20H,4-6H2,1-3H3,(H2,15,18). The van der Waals surface area contributed by atoms with Crippen LogP contribution in [0.25, 0.3) is 0 Å². The first-order chi connectivity index (χ1) is 9.46. The number of amidine groups is 1. The summed E-state index contributed by atoms with van der Waals surface area (Å²) in [5.74, 6) is 0.0391. The lowest BCUT2D eigenvalue weighted by atomic mass is 10.0. The molecule has 20 heavy (non-hydrogen) atoms. The molecule has 1 aromatic heterocycles. The first-order valence-electron chi connectivity index (χ1n) is 6.31. The van der Waals surface area contributed by atoms with Crippen LogP contribution in [0.3, 0.4) is 0 Å². The zero-order valence-electron chi connectivity index (χ0n) is 11.8. The third-order valence-corrected chi connectivity index (χ3v) is 2.96. The van der Waals surface area contributed by atoms with Gasteiger partial charge in [0.25, 0.3) is 6.43 Å². The fourth-order valence-electron chi connectivity index (χ4n) is 2.04. The summed E-state index contributed by atoms with van der Waals surface area (Å²) in [6.07, 6.45) is -1.31. The second kappa shape index (κ2) is 6.97. The van der Waals surface area contributed by atoms with Crippen molar-refractivity contribution in [1.29, 1.82) is 0 Å². The summed E-state index contributed by atoms with van der Waals surface area (Å²) in [5, 5.41) is 19.9. The minimum atomic E-state index is -2.52. The maximum Gasteiger partial charge on any atom is 0.255 e. The zero-order valence-corrected chi connectivity index (χ0v) is 11.8. The van der Waals surface area contributed by atoms with Crippen LogP contribution in [0.15, 0.2) is 5.16 Å². The van der Waals surface area contributed by atoms with E-state index in [9.17, 15) is 8.78 Å². The Balaban J connectivity index is 3.44. The Morgan fingerprint density at radius 3 is 2.45 bits per heavy atom. The topological polar surface area (TPSA) is 87.6 Å². The number of hydrogen-bond acceptors (Lipinski definition) is 5. The van der Waals surface area contributed by atoms with Gasteiger partial charge in [-0.05, 0) is 18.4 Å². The van der Waals surface area contributed by atoms with E-state index in [0.717, 1.165) is 5.56 Å². The number of halogens is 2. The summed E-state index contributed by atoms with van der Waals surface area (Å²) >= 11 is 0. The molecule has 0 aliphatic rings. The predicted molar refractivity (Wildman–Crippen MR) is 72.6 cm³/mol. The van der Waals surface area contributed by atoms with Crippen LogP contribution >= 0.6 is 0 Å². The van der Waals surface area contributed by atoms with E-state index in [1.165, 1.54) is 11.9 Å². The lowest BCUT2D eigenvalue weighted by Gasteiger charge is -2.22. The molecule has 0 atom stereocenters. The molecule has 0 aromatic carbocycles. The molecule has 0 amide bonds. The van der Waals surface area contributed by atoms with E-state index in [1.54, 1.807) is 0 Å². The highest BCUT2D eigenvalue weighted by atomic mass is 19.3. The van der Waals surface area contributed by atoms with Gasteiger partial charge in [-0.25, -0.2) is 8.78 Å². The highest BCUT2D eigenvalue weighted by Crippen LogP contribution is 2.23. The Morgan fingerprint density at radius 1 is 1.35 bits per heavy atom. The van der Waals surface area contributed by atoms with Gasteiger partial charge in [-0.2, -0.15) is 5.10 Å². The van der Waals surface area contributed by atoms with Gasteiger partial charge in [0.05, 0.1) is 17.8 Å². The molecule has 0 radical (unpaired) electrons. The molecule has 0 aliphatic heterocycles. The first-order valence-corrected chi connectivity index (χ1v) is 6.31. The van der Waals surface area contributed by atoms with Crippen LogP contribution in [0.4, 0.5) is 14.6 Å². The number of aromatic nitrogens is 2. The molecular weight excluding hydrogens is 268 g/mol. The van der Waals surface area contributed by atoms with Crippen LogP contribution in [-0.4, -0.2) is 41.3 Å². The van der Waals surface area contributed by atoms with E-state index in [4.69, 9.17) is 10.9 Å². The number of aryl methyl sites for hydroxylation is 1. The van der Waals surface area contributed by atoms with Gasteiger partial charge in [-0.15, -0.1) is 5.10 Å². The van der Waals surface area contributed by atoms with Crippen molar-refractivity contribution in [3.05, 3.63) is 16.8 Å². The second-order valence-electron chi connectivity index (χ2n) is 4.29. The van der Waals surface area contributed by atoms with Crippen molar-refractivity contribution in [1.82, 2.24) is 10.2 Å². The molecule has 0 unspecified atom stereocenters. The van der Waals surface area contributed by atoms with Crippen LogP contribution in [-0.2, 0) is 12.8 Å². The number of hydrogen-bond donors (Lipinski definition) is 2. The molecule has 1 aromatic rings. The third-order valence-electron chi connectivity index (χ3n) is 2.96. The van der Waals surface area contributed by atoms with Crippen molar-refractivity contribution < 1.29 is 14.0 Å². The average Bonchev–Trinajstić information content (AvgIpc) is 2.43. The Kier molecular flexibility index (Phi) is 5.60. The van der Waals surface area contributed by atoms with E-state index >= 15 is 0 Å². The fraction of sp³-hybridized carbons (Fsp3) is 0.583. The maximum atomic E-state index is 12.5. The Bertz CT molecular complexity index is 493. The fourth-order valence-corrected chi connectivity index (χ4v) is 2.04. The lowest BCUT2D eigenvalue weighted by molar-refractivity contribution is 0.156. The quantitative estimate of drug-likeness (QED) is 0.357. The molecule has 3 N–H and O–H groups in total. The molecule has 6 nitrogen and oxygen atoms in total. The second-order valence-corrected chi connectivity index (χ2v) is 4.29. The van der Waals surface area contributed by atoms with Gasteiger partial charge < -0.3 is 15.8 Å². The molecular formula is C12H19F2N5O. The van der Waals surface area contributed by atoms with Crippen molar-refractivity contribution in [2.45, 2.75) is 33.1 Å². The summed E-state index contributed by atoms with van der Waals surface area (Å²) in [4.78, 5) is 1.25. The number of nitrogens with zero attached hydrogens (tertiary/aromatic N) is 4. The van der Waals surface area contributed by atoms with Gasteiger partial charge in [-0.1, -0.05) is 19.0 Å². The largest absolute Gasteiger partial charge is 0.409 e. The molecule has 0 saturated heterocycles.